The van der Waals surface area contributed by atoms with Crippen LogP contribution in [0, 0.1) is 26.8 Å². The molecule has 27 heavy (non-hydrogen) atoms. The Morgan fingerprint density at radius 3 is 2.30 bits per heavy atom. The summed E-state index contributed by atoms with van der Waals surface area (Å²) in [5, 5.41) is 3.51. The van der Waals surface area contributed by atoms with Crippen LogP contribution < -0.4 is 0 Å². The van der Waals surface area contributed by atoms with E-state index in [1.165, 1.54) is 38.7 Å². The van der Waals surface area contributed by atoms with Crippen molar-refractivity contribution >= 4 is 27.3 Å². The van der Waals surface area contributed by atoms with E-state index in [0.717, 1.165) is 16.7 Å². The summed E-state index contributed by atoms with van der Waals surface area (Å²) >= 11 is 0. The Labute approximate surface area is 172 Å². The summed E-state index contributed by atoms with van der Waals surface area (Å²) in [5.74, 6) is 0. The standard InChI is InChI=1S/C24H19N2.Ir/c1-15-9-8-10-16(2)22(15)23-17(3)25-24-20-13-5-4-11-18(20)19-12-6-7-14-21(19)26(23)24;/h4-12,14H,1-3H3;/q-1;. The van der Waals surface area contributed by atoms with Gasteiger partial charge in [0.25, 0.3) is 0 Å². The van der Waals surface area contributed by atoms with Gasteiger partial charge in [0.1, 0.15) is 0 Å². The molecule has 0 atom stereocenters. The number of aryl methyl sites for hydroxylation is 3. The number of imidazole rings is 1. The van der Waals surface area contributed by atoms with Gasteiger partial charge in [-0.1, -0.05) is 41.8 Å². The number of hydrogen-bond acceptors (Lipinski definition) is 1. The number of benzene rings is 3. The maximum absolute atomic E-state index is 4.98. The summed E-state index contributed by atoms with van der Waals surface area (Å²) in [7, 11) is 0. The summed E-state index contributed by atoms with van der Waals surface area (Å²) in [4.78, 5) is 4.98. The van der Waals surface area contributed by atoms with Crippen molar-refractivity contribution in [2.24, 2.45) is 0 Å². The third kappa shape index (κ3) is 2.54. The minimum atomic E-state index is 0. The molecule has 2 nitrogen and oxygen atoms in total. The van der Waals surface area contributed by atoms with Crippen molar-refractivity contribution in [1.82, 2.24) is 9.38 Å². The van der Waals surface area contributed by atoms with Crippen LogP contribution in [0.3, 0.4) is 0 Å². The van der Waals surface area contributed by atoms with E-state index in [2.05, 4.69) is 79.8 Å². The molecule has 0 spiro atoms. The van der Waals surface area contributed by atoms with Crippen molar-refractivity contribution in [2.75, 3.05) is 0 Å². The molecule has 2 aromatic heterocycles. The van der Waals surface area contributed by atoms with Crippen molar-refractivity contribution in [3.8, 4) is 11.3 Å². The van der Waals surface area contributed by atoms with Crippen LogP contribution in [0.2, 0.25) is 0 Å². The number of hydrogen-bond donors (Lipinski definition) is 0. The Balaban J connectivity index is 0.00000180. The van der Waals surface area contributed by atoms with Crippen molar-refractivity contribution in [3.05, 3.63) is 83.6 Å². The number of rotatable bonds is 1. The first-order chi connectivity index (χ1) is 12.7. The summed E-state index contributed by atoms with van der Waals surface area (Å²) in [6.07, 6.45) is 0. The van der Waals surface area contributed by atoms with Gasteiger partial charge < -0.3 is 4.40 Å². The van der Waals surface area contributed by atoms with Gasteiger partial charge in [-0.25, -0.2) is 0 Å². The van der Waals surface area contributed by atoms with E-state index in [0.29, 0.717) is 0 Å². The maximum atomic E-state index is 4.98. The van der Waals surface area contributed by atoms with Gasteiger partial charge in [0.15, 0.2) is 0 Å². The molecule has 0 saturated heterocycles. The molecule has 0 amide bonds. The molecule has 0 bridgehead atoms. The zero-order valence-corrected chi connectivity index (χ0v) is 17.9. The smallest absolute Gasteiger partial charge is 0.0669 e. The van der Waals surface area contributed by atoms with E-state index in [1.807, 2.05) is 12.1 Å². The minimum absolute atomic E-state index is 0. The minimum Gasteiger partial charge on any atom is -0.333 e. The second-order valence-electron chi connectivity index (χ2n) is 6.95. The van der Waals surface area contributed by atoms with E-state index >= 15 is 0 Å². The number of nitrogens with zero attached hydrogens (tertiary/aromatic N) is 2. The van der Waals surface area contributed by atoms with Gasteiger partial charge in [0.05, 0.1) is 17.0 Å². The van der Waals surface area contributed by atoms with Gasteiger partial charge in [-0.15, -0.1) is 29.7 Å². The predicted octanol–water partition coefficient (Wildman–Crippen LogP) is 6.03. The first-order valence-electron chi connectivity index (χ1n) is 8.93. The van der Waals surface area contributed by atoms with Gasteiger partial charge in [-0.05, 0) is 43.4 Å². The third-order valence-corrected chi connectivity index (χ3v) is 5.28. The average Bonchev–Trinajstić information content (AvgIpc) is 2.99. The molecule has 0 N–H and O–H groups in total. The van der Waals surface area contributed by atoms with Gasteiger partial charge in [-0.2, -0.15) is 0 Å². The second-order valence-corrected chi connectivity index (χ2v) is 6.95. The molecule has 0 fully saturated rings. The average molecular weight is 528 g/mol. The van der Waals surface area contributed by atoms with Crippen LogP contribution in [0.15, 0.2) is 60.7 Å². The van der Waals surface area contributed by atoms with Gasteiger partial charge in [0.2, 0.25) is 0 Å². The maximum Gasteiger partial charge on any atom is 0.0669 e. The monoisotopic (exact) mass is 528 g/mol. The molecule has 3 aromatic carbocycles. The topological polar surface area (TPSA) is 17.3 Å². The first kappa shape index (κ1) is 17.9. The van der Waals surface area contributed by atoms with Gasteiger partial charge >= 0.3 is 0 Å². The molecule has 0 saturated carbocycles. The van der Waals surface area contributed by atoms with Crippen molar-refractivity contribution in [3.63, 3.8) is 0 Å². The van der Waals surface area contributed by atoms with E-state index in [9.17, 15) is 0 Å². The zero-order valence-electron chi connectivity index (χ0n) is 15.5. The number of fused-ring (bicyclic) bond motifs is 6. The fourth-order valence-electron chi connectivity index (χ4n) is 4.16. The molecule has 1 radical (unpaired) electrons. The van der Waals surface area contributed by atoms with Crippen LogP contribution in [-0.4, -0.2) is 9.38 Å². The summed E-state index contributed by atoms with van der Waals surface area (Å²) in [5.41, 5.74) is 8.23. The Morgan fingerprint density at radius 1 is 0.815 bits per heavy atom. The van der Waals surface area contributed by atoms with Crippen LogP contribution in [-0.2, 0) is 20.1 Å². The molecule has 0 aliphatic carbocycles. The second kappa shape index (κ2) is 6.60. The van der Waals surface area contributed by atoms with Crippen LogP contribution in [0.5, 0.6) is 0 Å². The molecule has 5 aromatic rings. The number of pyridine rings is 1. The van der Waals surface area contributed by atoms with Crippen molar-refractivity contribution < 1.29 is 20.1 Å². The molecular formula is C24H19IrN2-. The summed E-state index contributed by atoms with van der Waals surface area (Å²) in [6.45, 7) is 6.46. The fraction of sp³-hybridized carbons (Fsp3) is 0.125. The predicted molar refractivity (Wildman–Crippen MR) is 109 cm³/mol. The Morgan fingerprint density at radius 2 is 1.52 bits per heavy atom. The van der Waals surface area contributed by atoms with Crippen LogP contribution in [0.25, 0.3) is 38.6 Å². The molecule has 5 rings (SSSR count). The summed E-state index contributed by atoms with van der Waals surface area (Å²) in [6, 6.07) is 24.7. The molecule has 0 unspecified atom stereocenters. The van der Waals surface area contributed by atoms with Crippen LogP contribution in [0.1, 0.15) is 16.8 Å². The van der Waals surface area contributed by atoms with Crippen molar-refractivity contribution in [1.29, 1.82) is 0 Å². The summed E-state index contributed by atoms with van der Waals surface area (Å²) < 4.78 is 2.32. The first-order valence-corrected chi connectivity index (χ1v) is 8.93. The van der Waals surface area contributed by atoms with Crippen molar-refractivity contribution in [2.45, 2.75) is 20.8 Å². The SMILES string of the molecule is Cc1cccc(C)c1-c1c(C)nc2c3[c-]cccc3c3ccccc3n12.[Ir]. The van der Waals surface area contributed by atoms with E-state index < -0.39 is 0 Å². The molecular weight excluding hydrogens is 508 g/mol. The fourth-order valence-corrected chi connectivity index (χ4v) is 4.16. The number of aromatic nitrogens is 2. The van der Waals surface area contributed by atoms with Crippen LogP contribution in [0.4, 0.5) is 0 Å². The zero-order chi connectivity index (χ0) is 17.8. The van der Waals surface area contributed by atoms with Gasteiger partial charge in [-0.3, -0.25) is 4.98 Å². The van der Waals surface area contributed by atoms with E-state index in [4.69, 9.17) is 4.98 Å². The Hall–Kier alpha value is -2.48. The molecule has 2 heterocycles. The van der Waals surface area contributed by atoms with E-state index in [1.54, 1.807) is 0 Å². The molecule has 0 aliphatic rings. The molecule has 0 aliphatic heterocycles. The molecule has 3 heteroatoms. The Bertz CT molecular complexity index is 1290. The van der Waals surface area contributed by atoms with Crippen LogP contribution >= 0.6 is 0 Å². The van der Waals surface area contributed by atoms with Gasteiger partial charge in [0, 0.05) is 31.2 Å². The quantitative estimate of drug-likeness (QED) is 0.192. The Kier molecular flexibility index (Phi) is 4.38. The number of para-hydroxylation sites is 1. The largest absolute Gasteiger partial charge is 0.333 e. The molecule has 135 valence electrons. The van der Waals surface area contributed by atoms with E-state index in [-0.39, 0.29) is 20.1 Å². The third-order valence-electron chi connectivity index (χ3n) is 5.28. The normalized spacial score (nSPS) is 11.2.